The molecule has 0 radical (unpaired) electrons. The van der Waals surface area contributed by atoms with Crippen LogP contribution in [-0.2, 0) is 4.79 Å². The number of carbonyl (C=O) groups is 1. The molecule has 0 aromatic rings. The number of hydrogen-bond acceptors (Lipinski definition) is 5. The predicted octanol–water partition coefficient (Wildman–Crippen LogP) is 1.98. The lowest BCUT2D eigenvalue weighted by atomic mass is 10.0. The molecule has 0 aromatic carbocycles. The van der Waals surface area contributed by atoms with E-state index in [4.69, 9.17) is 10.5 Å². The number of rotatable bonds is 7. The third-order valence-electron chi connectivity index (χ3n) is 5.34. The van der Waals surface area contributed by atoms with Gasteiger partial charge in [0.1, 0.15) is 0 Å². The second-order valence-corrected chi connectivity index (χ2v) is 7.18. The van der Waals surface area contributed by atoms with Crippen LogP contribution in [0.4, 0.5) is 0 Å². The van der Waals surface area contributed by atoms with Crippen LogP contribution in [0.2, 0.25) is 0 Å². The van der Waals surface area contributed by atoms with Gasteiger partial charge in [0.05, 0.1) is 31.5 Å². The SMILES string of the molecule is N#CCCN(CCC#N)C(=O)CN1CCC[C@H](N2CCCCCC2)C1. The van der Waals surface area contributed by atoms with Crippen LogP contribution >= 0.6 is 0 Å². The number of hydrogen-bond donors (Lipinski definition) is 0. The van der Waals surface area contributed by atoms with Crippen LogP contribution in [0.3, 0.4) is 0 Å². The first kappa shape index (κ1) is 19.7. The quantitative estimate of drug-likeness (QED) is 0.705. The maximum Gasteiger partial charge on any atom is 0.236 e. The first-order valence-electron chi connectivity index (χ1n) is 9.72. The number of likely N-dealkylation sites (tertiary alicyclic amines) is 2. The fourth-order valence-corrected chi connectivity index (χ4v) is 3.96. The number of nitrogens with zero attached hydrogens (tertiary/aromatic N) is 5. The number of nitriles is 2. The molecule has 2 aliphatic heterocycles. The minimum Gasteiger partial charge on any atom is -0.340 e. The van der Waals surface area contributed by atoms with Crippen LogP contribution in [0.1, 0.15) is 51.4 Å². The van der Waals surface area contributed by atoms with E-state index in [1.807, 2.05) is 0 Å². The summed E-state index contributed by atoms with van der Waals surface area (Å²) in [6, 6.07) is 4.76. The zero-order valence-corrected chi connectivity index (χ0v) is 15.3. The van der Waals surface area contributed by atoms with Gasteiger partial charge < -0.3 is 4.90 Å². The molecule has 2 rings (SSSR count). The Labute approximate surface area is 152 Å². The van der Waals surface area contributed by atoms with Crippen LogP contribution in [0.5, 0.6) is 0 Å². The van der Waals surface area contributed by atoms with Crippen molar-refractivity contribution in [3.05, 3.63) is 0 Å². The van der Waals surface area contributed by atoms with Crippen molar-refractivity contribution >= 4 is 5.91 Å². The normalized spacial score (nSPS) is 22.6. The lowest BCUT2D eigenvalue weighted by Crippen LogP contribution is -2.51. The van der Waals surface area contributed by atoms with Gasteiger partial charge >= 0.3 is 0 Å². The van der Waals surface area contributed by atoms with E-state index in [0.29, 0.717) is 38.5 Å². The molecule has 2 fully saturated rings. The van der Waals surface area contributed by atoms with E-state index in [0.717, 1.165) is 19.5 Å². The van der Waals surface area contributed by atoms with Crippen molar-refractivity contribution in [2.45, 2.75) is 57.4 Å². The van der Waals surface area contributed by atoms with E-state index < -0.39 is 0 Å². The molecule has 0 saturated carbocycles. The molecule has 0 aliphatic carbocycles. The first-order chi connectivity index (χ1) is 12.2. The Balaban J connectivity index is 1.85. The Kier molecular flexibility index (Phi) is 8.72. The Hall–Kier alpha value is -1.63. The van der Waals surface area contributed by atoms with Crippen molar-refractivity contribution in [3.63, 3.8) is 0 Å². The van der Waals surface area contributed by atoms with Crippen LogP contribution in [0, 0.1) is 22.7 Å². The maximum atomic E-state index is 12.6. The van der Waals surface area contributed by atoms with E-state index in [1.165, 1.54) is 45.2 Å². The molecule has 0 aromatic heterocycles. The van der Waals surface area contributed by atoms with Crippen molar-refractivity contribution < 1.29 is 4.79 Å². The average Bonchev–Trinajstić information content (AvgIpc) is 2.91. The molecule has 0 spiro atoms. The lowest BCUT2D eigenvalue weighted by molar-refractivity contribution is -0.132. The van der Waals surface area contributed by atoms with Gasteiger partial charge in [-0.2, -0.15) is 10.5 Å². The van der Waals surface area contributed by atoms with Crippen molar-refractivity contribution in [2.75, 3.05) is 45.8 Å². The largest absolute Gasteiger partial charge is 0.340 e. The van der Waals surface area contributed by atoms with Gasteiger partial charge in [-0.25, -0.2) is 0 Å². The Morgan fingerprint density at radius 3 is 2.20 bits per heavy atom. The summed E-state index contributed by atoms with van der Waals surface area (Å²) in [5.74, 6) is 0.0574. The summed E-state index contributed by atoms with van der Waals surface area (Å²) in [5.41, 5.74) is 0. The highest BCUT2D eigenvalue weighted by Gasteiger charge is 2.27. The van der Waals surface area contributed by atoms with E-state index in [2.05, 4.69) is 21.9 Å². The van der Waals surface area contributed by atoms with Crippen molar-refractivity contribution in [2.24, 2.45) is 0 Å². The van der Waals surface area contributed by atoms with E-state index >= 15 is 0 Å². The molecule has 6 heteroatoms. The van der Waals surface area contributed by atoms with Gasteiger partial charge in [0, 0.05) is 25.7 Å². The number of piperidine rings is 1. The summed E-state index contributed by atoms with van der Waals surface area (Å²) in [6.45, 7) is 5.62. The highest BCUT2D eigenvalue weighted by atomic mass is 16.2. The fourth-order valence-electron chi connectivity index (χ4n) is 3.96. The third-order valence-corrected chi connectivity index (χ3v) is 5.34. The van der Waals surface area contributed by atoms with Gasteiger partial charge in [-0.05, 0) is 45.3 Å². The maximum absolute atomic E-state index is 12.6. The van der Waals surface area contributed by atoms with Crippen molar-refractivity contribution in [3.8, 4) is 12.1 Å². The fraction of sp³-hybridized carbons (Fsp3) is 0.842. The molecule has 6 nitrogen and oxygen atoms in total. The van der Waals surface area contributed by atoms with Crippen LogP contribution in [0.25, 0.3) is 0 Å². The minimum absolute atomic E-state index is 0.0574. The summed E-state index contributed by atoms with van der Waals surface area (Å²) < 4.78 is 0. The summed E-state index contributed by atoms with van der Waals surface area (Å²) in [5, 5.41) is 17.6. The first-order valence-corrected chi connectivity index (χ1v) is 9.72. The van der Waals surface area contributed by atoms with E-state index in [1.54, 1.807) is 4.90 Å². The lowest BCUT2D eigenvalue weighted by Gasteiger charge is -2.39. The van der Waals surface area contributed by atoms with Crippen LogP contribution in [-0.4, -0.2) is 72.5 Å². The third kappa shape index (κ3) is 6.65. The predicted molar refractivity (Wildman–Crippen MR) is 96.5 cm³/mol. The highest BCUT2D eigenvalue weighted by molar-refractivity contribution is 5.78. The van der Waals surface area contributed by atoms with E-state index in [-0.39, 0.29) is 5.91 Å². The zero-order chi connectivity index (χ0) is 17.9. The molecule has 25 heavy (non-hydrogen) atoms. The average molecular weight is 345 g/mol. The summed E-state index contributed by atoms with van der Waals surface area (Å²) in [6.07, 6.45) is 8.32. The molecule has 1 atom stereocenters. The van der Waals surface area contributed by atoms with Gasteiger partial charge in [-0.1, -0.05) is 12.8 Å². The second kappa shape index (κ2) is 11.1. The summed E-state index contributed by atoms with van der Waals surface area (Å²) in [7, 11) is 0. The second-order valence-electron chi connectivity index (χ2n) is 7.18. The minimum atomic E-state index is 0.0574. The van der Waals surface area contributed by atoms with Crippen molar-refractivity contribution in [1.29, 1.82) is 10.5 Å². The molecular weight excluding hydrogens is 314 g/mol. The molecule has 2 aliphatic rings. The standard InChI is InChI=1S/C19H31N5O/c20-9-6-14-24(15-7-10-21)19(25)17-22-11-5-8-18(16-22)23-12-3-1-2-4-13-23/h18H,1-8,11-17H2/t18-/m0/s1. The summed E-state index contributed by atoms with van der Waals surface area (Å²) >= 11 is 0. The Bertz CT molecular complexity index is 469. The molecule has 2 saturated heterocycles. The molecule has 0 unspecified atom stereocenters. The van der Waals surface area contributed by atoms with Gasteiger partial charge in [-0.3, -0.25) is 14.6 Å². The molecular formula is C19H31N5O. The zero-order valence-electron chi connectivity index (χ0n) is 15.3. The monoisotopic (exact) mass is 345 g/mol. The topological polar surface area (TPSA) is 74.4 Å². The van der Waals surface area contributed by atoms with Gasteiger partial charge in [0.15, 0.2) is 0 Å². The molecule has 1 amide bonds. The van der Waals surface area contributed by atoms with E-state index in [9.17, 15) is 4.79 Å². The molecule has 138 valence electrons. The van der Waals surface area contributed by atoms with Crippen LogP contribution in [0.15, 0.2) is 0 Å². The highest BCUT2D eigenvalue weighted by Crippen LogP contribution is 2.20. The number of amides is 1. The molecule has 0 N–H and O–H groups in total. The molecule has 2 heterocycles. The van der Waals surface area contributed by atoms with Gasteiger partial charge in [-0.15, -0.1) is 0 Å². The van der Waals surface area contributed by atoms with Crippen LogP contribution < -0.4 is 0 Å². The summed E-state index contributed by atoms with van der Waals surface area (Å²) in [4.78, 5) is 19.2. The Morgan fingerprint density at radius 1 is 0.960 bits per heavy atom. The number of carbonyl (C=O) groups excluding carboxylic acids is 1. The van der Waals surface area contributed by atoms with Gasteiger partial charge in [0.2, 0.25) is 5.91 Å². The molecule has 0 bridgehead atoms. The van der Waals surface area contributed by atoms with Crippen molar-refractivity contribution in [1.82, 2.24) is 14.7 Å². The smallest absolute Gasteiger partial charge is 0.236 e. The van der Waals surface area contributed by atoms with Gasteiger partial charge in [0.25, 0.3) is 0 Å². The Morgan fingerprint density at radius 2 is 1.60 bits per heavy atom.